The molecule has 0 aliphatic rings. The van der Waals surface area contributed by atoms with Crippen LogP contribution in [0.15, 0.2) is 53.1 Å². The minimum absolute atomic E-state index is 0.396. The van der Waals surface area contributed by atoms with E-state index >= 15 is 0 Å². The number of nitrogens with zero attached hydrogens (tertiary/aromatic N) is 2. The standard InChI is InChI=1S/C20H21BrN4O3/c1-12(26)13-5-4-6-14(9-13)23-20(27)24-18-8-7-15(28-3)10-16(18)19-17(21)11-22-25(19)2/h4-12,26H,1-3H3,(H2,23,24,27). The fourth-order valence-electron chi connectivity index (χ4n) is 2.83. The highest BCUT2D eigenvalue weighted by Crippen LogP contribution is 2.36. The summed E-state index contributed by atoms with van der Waals surface area (Å²) in [5, 5.41) is 19.6. The first kappa shape index (κ1) is 19.9. The molecule has 0 bridgehead atoms. The number of carbonyl (C=O) groups excluding carboxylic acids is 1. The van der Waals surface area contributed by atoms with Crippen molar-refractivity contribution >= 4 is 33.3 Å². The van der Waals surface area contributed by atoms with Crippen LogP contribution in [0.25, 0.3) is 11.3 Å². The zero-order valence-corrected chi connectivity index (χ0v) is 17.3. The Morgan fingerprint density at radius 2 is 2.04 bits per heavy atom. The van der Waals surface area contributed by atoms with Crippen molar-refractivity contribution in [1.29, 1.82) is 0 Å². The Labute approximate surface area is 171 Å². The van der Waals surface area contributed by atoms with Crippen LogP contribution in [0.4, 0.5) is 16.2 Å². The molecule has 0 radical (unpaired) electrons. The van der Waals surface area contributed by atoms with E-state index in [2.05, 4.69) is 31.7 Å². The molecule has 146 valence electrons. The summed E-state index contributed by atoms with van der Waals surface area (Å²) in [7, 11) is 3.41. The van der Waals surface area contributed by atoms with Crippen molar-refractivity contribution in [2.45, 2.75) is 13.0 Å². The van der Waals surface area contributed by atoms with Crippen molar-refractivity contribution in [3.8, 4) is 17.0 Å². The molecule has 8 heteroatoms. The number of methoxy groups -OCH3 is 1. The van der Waals surface area contributed by atoms with Crippen LogP contribution in [0, 0.1) is 0 Å². The highest BCUT2D eigenvalue weighted by molar-refractivity contribution is 9.10. The number of aliphatic hydroxyl groups is 1. The Balaban J connectivity index is 1.88. The van der Waals surface area contributed by atoms with Crippen molar-refractivity contribution in [1.82, 2.24) is 9.78 Å². The minimum Gasteiger partial charge on any atom is -0.497 e. The largest absolute Gasteiger partial charge is 0.497 e. The Bertz CT molecular complexity index is 981. The van der Waals surface area contributed by atoms with E-state index in [-0.39, 0.29) is 0 Å². The van der Waals surface area contributed by atoms with Crippen molar-refractivity contribution in [2.75, 3.05) is 17.7 Å². The average molecular weight is 445 g/mol. The molecule has 2 amide bonds. The quantitative estimate of drug-likeness (QED) is 0.538. The molecule has 0 saturated carbocycles. The molecule has 2 aromatic carbocycles. The predicted molar refractivity (Wildman–Crippen MR) is 113 cm³/mol. The zero-order valence-electron chi connectivity index (χ0n) is 15.7. The van der Waals surface area contributed by atoms with Crippen LogP contribution in [-0.4, -0.2) is 28.0 Å². The summed E-state index contributed by atoms with van der Waals surface area (Å²) in [5.74, 6) is 0.665. The molecule has 0 fully saturated rings. The molecule has 1 atom stereocenters. The Morgan fingerprint density at radius 1 is 1.25 bits per heavy atom. The summed E-state index contributed by atoms with van der Waals surface area (Å²) in [6, 6.07) is 12.1. The predicted octanol–water partition coefficient (Wildman–Crippen LogP) is 4.56. The molecular formula is C20H21BrN4O3. The lowest BCUT2D eigenvalue weighted by atomic mass is 10.1. The third-order valence-electron chi connectivity index (χ3n) is 4.25. The second-order valence-corrected chi connectivity index (χ2v) is 7.11. The van der Waals surface area contributed by atoms with Gasteiger partial charge in [0.15, 0.2) is 0 Å². The van der Waals surface area contributed by atoms with Crippen molar-refractivity contribution < 1.29 is 14.6 Å². The van der Waals surface area contributed by atoms with Gasteiger partial charge in [-0.2, -0.15) is 5.10 Å². The van der Waals surface area contributed by atoms with E-state index in [1.807, 2.05) is 13.1 Å². The number of hydrogen-bond donors (Lipinski definition) is 3. The maximum Gasteiger partial charge on any atom is 0.323 e. The topological polar surface area (TPSA) is 88.4 Å². The second kappa shape index (κ2) is 8.45. The number of amides is 2. The van der Waals surface area contributed by atoms with E-state index in [9.17, 15) is 9.90 Å². The number of rotatable bonds is 5. The molecule has 0 aliphatic heterocycles. The molecule has 1 unspecified atom stereocenters. The number of aryl methyl sites for hydroxylation is 1. The number of anilines is 2. The van der Waals surface area contributed by atoms with Crippen LogP contribution < -0.4 is 15.4 Å². The number of carbonyl (C=O) groups is 1. The lowest BCUT2D eigenvalue weighted by molar-refractivity contribution is 0.199. The number of aliphatic hydroxyl groups excluding tert-OH is 1. The number of urea groups is 1. The van der Waals surface area contributed by atoms with Crippen molar-refractivity contribution in [2.24, 2.45) is 7.05 Å². The molecule has 3 rings (SSSR count). The SMILES string of the molecule is COc1ccc(NC(=O)Nc2cccc(C(C)O)c2)c(-c2c(Br)cnn2C)c1. The zero-order chi connectivity index (χ0) is 20.3. The van der Waals surface area contributed by atoms with Crippen LogP contribution in [0.3, 0.4) is 0 Å². The highest BCUT2D eigenvalue weighted by atomic mass is 79.9. The molecular weight excluding hydrogens is 424 g/mol. The van der Waals surface area contributed by atoms with Crippen LogP contribution in [-0.2, 0) is 7.05 Å². The van der Waals surface area contributed by atoms with Gasteiger partial charge in [-0.15, -0.1) is 0 Å². The summed E-state index contributed by atoms with van der Waals surface area (Å²) in [6.07, 6.45) is 1.08. The van der Waals surface area contributed by atoms with Gasteiger partial charge in [-0.3, -0.25) is 4.68 Å². The normalized spacial score (nSPS) is 11.8. The Kier molecular flexibility index (Phi) is 6.01. The van der Waals surface area contributed by atoms with Gasteiger partial charge in [0.2, 0.25) is 0 Å². The van der Waals surface area contributed by atoms with Crippen molar-refractivity contribution in [3.63, 3.8) is 0 Å². The van der Waals surface area contributed by atoms with Gasteiger partial charge in [0.25, 0.3) is 0 Å². The minimum atomic E-state index is -0.611. The maximum atomic E-state index is 12.6. The first-order chi connectivity index (χ1) is 13.4. The smallest absolute Gasteiger partial charge is 0.323 e. The summed E-state index contributed by atoms with van der Waals surface area (Å²) in [5.41, 5.74) is 3.49. The number of aromatic nitrogens is 2. The molecule has 1 heterocycles. The Morgan fingerprint density at radius 3 is 2.68 bits per heavy atom. The fraction of sp³-hybridized carbons (Fsp3) is 0.200. The third-order valence-corrected chi connectivity index (χ3v) is 4.83. The van der Waals surface area contributed by atoms with Gasteiger partial charge in [0, 0.05) is 18.3 Å². The van der Waals surface area contributed by atoms with Gasteiger partial charge in [0.05, 0.1) is 35.3 Å². The lowest BCUT2D eigenvalue weighted by Gasteiger charge is -2.15. The lowest BCUT2D eigenvalue weighted by Crippen LogP contribution is -2.20. The second-order valence-electron chi connectivity index (χ2n) is 6.26. The summed E-state index contributed by atoms with van der Waals surface area (Å²) in [4.78, 5) is 12.6. The van der Waals surface area contributed by atoms with Gasteiger partial charge in [0.1, 0.15) is 5.75 Å². The highest BCUT2D eigenvalue weighted by Gasteiger charge is 2.16. The molecule has 0 spiro atoms. The monoisotopic (exact) mass is 444 g/mol. The maximum absolute atomic E-state index is 12.6. The van der Waals surface area contributed by atoms with E-state index in [0.717, 1.165) is 21.3 Å². The van der Waals surface area contributed by atoms with Gasteiger partial charge < -0.3 is 20.5 Å². The first-order valence-corrected chi connectivity index (χ1v) is 9.40. The van der Waals surface area contributed by atoms with E-state index in [4.69, 9.17) is 4.74 Å². The number of nitrogens with one attached hydrogen (secondary N) is 2. The van der Waals surface area contributed by atoms with E-state index in [1.165, 1.54) is 0 Å². The molecule has 0 saturated heterocycles. The molecule has 3 aromatic rings. The number of hydrogen-bond acceptors (Lipinski definition) is 4. The fourth-order valence-corrected chi connectivity index (χ4v) is 3.39. The van der Waals surface area contributed by atoms with Gasteiger partial charge in [-0.25, -0.2) is 4.79 Å². The number of ether oxygens (including phenoxy) is 1. The van der Waals surface area contributed by atoms with Crippen LogP contribution >= 0.6 is 15.9 Å². The average Bonchev–Trinajstić information content (AvgIpc) is 3.00. The van der Waals surface area contributed by atoms with E-state index < -0.39 is 12.1 Å². The van der Waals surface area contributed by atoms with Gasteiger partial charge >= 0.3 is 6.03 Å². The summed E-state index contributed by atoms with van der Waals surface area (Å²) in [6.45, 7) is 1.68. The molecule has 3 N–H and O–H groups in total. The molecule has 0 aliphatic carbocycles. The van der Waals surface area contributed by atoms with Gasteiger partial charge in [-0.1, -0.05) is 12.1 Å². The van der Waals surface area contributed by atoms with Crippen LogP contribution in [0.5, 0.6) is 5.75 Å². The Hall–Kier alpha value is -2.84. The summed E-state index contributed by atoms with van der Waals surface area (Å²) < 4.78 is 7.85. The number of benzene rings is 2. The van der Waals surface area contributed by atoms with Crippen LogP contribution in [0.1, 0.15) is 18.6 Å². The van der Waals surface area contributed by atoms with E-state index in [1.54, 1.807) is 61.3 Å². The molecule has 28 heavy (non-hydrogen) atoms. The molecule has 1 aromatic heterocycles. The van der Waals surface area contributed by atoms with Crippen LogP contribution in [0.2, 0.25) is 0 Å². The first-order valence-electron chi connectivity index (χ1n) is 8.61. The summed E-state index contributed by atoms with van der Waals surface area (Å²) >= 11 is 3.50. The van der Waals surface area contributed by atoms with E-state index in [0.29, 0.717) is 17.1 Å². The number of halogens is 1. The van der Waals surface area contributed by atoms with Gasteiger partial charge in [-0.05, 0) is 58.7 Å². The third kappa shape index (κ3) is 4.35. The molecule has 7 nitrogen and oxygen atoms in total. The van der Waals surface area contributed by atoms with Crippen molar-refractivity contribution in [3.05, 3.63) is 58.7 Å².